The summed E-state index contributed by atoms with van der Waals surface area (Å²) in [7, 11) is 0. The molecule has 0 aliphatic carbocycles. The van der Waals surface area contributed by atoms with Crippen molar-refractivity contribution in [3.63, 3.8) is 0 Å². The number of hydrogen-bond donors (Lipinski definition) is 2. The number of carbonyl (C=O) groups is 1. The van der Waals surface area contributed by atoms with E-state index < -0.39 is 5.97 Å². The molecule has 1 rings (SSSR count). The maximum absolute atomic E-state index is 11.6. The van der Waals surface area contributed by atoms with Gasteiger partial charge in [-0.05, 0) is 61.1 Å². The van der Waals surface area contributed by atoms with Crippen LogP contribution in [0.15, 0.2) is 21.7 Å². The van der Waals surface area contributed by atoms with E-state index in [2.05, 4.69) is 38.7 Å². The van der Waals surface area contributed by atoms with Gasteiger partial charge in [0, 0.05) is 10.0 Å². The number of nitrogens with one attached hydrogen (secondary N) is 1. The second-order valence-corrected chi connectivity index (χ2v) is 6.11. The van der Waals surface area contributed by atoms with Crippen molar-refractivity contribution in [2.45, 2.75) is 26.9 Å². The van der Waals surface area contributed by atoms with Gasteiger partial charge in [0.05, 0.1) is 18.9 Å². The molecule has 0 amide bonds. The Hall–Kier alpha value is -1.87. The van der Waals surface area contributed by atoms with Gasteiger partial charge in [0.2, 0.25) is 0 Å². The summed E-state index contributed by atoms with van der Waals surface area (Å²) in [4.78, 5) is 11.6. The third-order valence-corrected chi connectivity index (χ3v) is 3.23. The van der Waals surface area contributed by atoms with Crippen molar-refractivity contribution in [1.82, 2.24) is 5.43 Å². The lowest BCUT2D eigenvalue weighted by Crippen LogP contribution is -2.24. The van der Waals surface area contributed by atoms with E-state index in [1.54, 1.807) is 26.0 Å². The smallest absolute Gasteiger partial charge is 0.344 e. The second kappa shape index (κ2) is 10.1. The van der Waals surface area contributed by atoms with Crippen LogP contribution in [-0.2, 0) is 9.53 Å². The fourth-order valence-corrected chi connectivity index (χ4v) is 2.11. The highest BCUT2D eigenvalue weighted by Crippen LogP contribution is 2.33. The highest BCUT2D eigenvalue weighted by atomic mass is 79.9. The van der Waals surface area contributed by atoms with E-state index in [0.29, 0.717) is 22.6 Å². The maximum Gasteiger partial charge on any atom is 0.344 e. The minimum atomic E-state index is -0.449. The standard InChI is InChI=1S/C15H20BrN3O4S/c1-4-21-12-5-10(7-18-19-15(17)24)11(16)6-13(12)22-8-14(20)23-9(2)3/h5-7,9H,4,8H2,1-3H3,(H3,17,19,24). The first kappa shape index (κ1) is 20.2. The summed E-state index contributed by atoms with van der Waals surface area (Å²) >= 11 is 8.09. The molecule has 132 valence electrons. The molecule has 0 radical (unpaired) electrons. The van der Waals surface area contributed by atoms with E-state index in [-0.39, 0.29) is 17.8 Å². The summed E-state index contributed by atoms with van der Waals surface area (Å²) in [6, 6.07) is 3.41. The molecule has 24 heavy (non-hydrogen) atoms. The summed E-state index contributed by atoms with van der Waals surface area (Å²) in [5, 5.41) is 3.96. The van der Waals surface area contributed by atoms with Crippen LogP contribution in [0.5, 0.6) is 11.5 Å². The lowest BCUT2D eigenvalue weighted by atomic mass is 10.2. The average Bonchev–Trinajstić information content (AvgIpc) is 2.47. The normalized spacial score (nSPS) is 10.7. The SMILES string of the molecule is CCOc1cc(C=NNC(N)=S)c(Br)cc1OCC(=O)OC(C)C. The van der Waals surface area contributed by atoms with E-state index in [1.165, 1.54) is 6.21 Å². The van der Waals surface area contributed by atoms with Gasteiger partial charge >= 0.3 is 5.97 Å². The average molecular weight is 418 g/mol. The first-order valence-electron chi connectivity index (χ1n) is 7.20. The number of hydrazone groups is 1. The van der Waals surface area contributed by atoms with Gasteiger partial charge in [-0.3, -0.25) is 5.43 Å². The first-order chi connectivity index (χ1) is 11.3. The van der Waals surface area contributed by atoms with Crippen molar-refractivity contribution < 1.29 is 19.0 Å². The number of hydrogen-bond acceptors (Lipinski definition) is 6. The van der Waals surface area contributed by atoms with Crippen LogP contribution in [0.3, 0.4) is 0 Å². The largest absolute Gasteiger partial charge is 0.490 e. The van der Waals surface area contributed by atoms with Crippen LogP contribution in [-0.4, -0.2) is 36.6 Å². The number of nitrogens with two attached hydrogens (primary N) is 1. The quantitative estimate of drug-likeness (QED) is 0.290. The highest BCUT2D eigenvalue weighted by molar-refractivity contribution is 9.10. The zero-order valence-corrected chi connectivity index (χ0v) is 16.1. The lowest BCUT2D eigenvalue weighted by Gasteiger charge is -2.14. The molecule has 0 saturated heterocycles. The Morgan fingerprint density at radius 2 is 2.08 bits per heavy atom. The van der Waals surface area contributed by atoms with E-state index in [4.69, 9.17) is 19.9 Å². The summed E-state index contributed by atoms with van der Waals surface area (Å²) < 4.78 is 16.8. The lowest BCUT2D eigenvalue weighted by molar-refractivity contribution is -0.149. The van der Waals surface area contributed by atoms with Gasteiger partial charge in [0.25, 0.3) is 0 Å². The number of carbonyl (C=O) groups excluding carboxylic acids is 1. The summed E-state index contributed by atoms with van der Waals surface area (Å²) in [5.41, 5.74) is 8.50. The molecule has 1 aromatic rings. The van der Waals surface area contributed by atoms with Gasteiger partial charge in [0.15, 0.2) is 23.2 Å². The number of nitrogens with zero attached hydrogens (tertiary/aromatic N) is 1. The van der Waals surface area contributed by atoms with Crippen LogP contribution in [0.4, 0.5) is 0 Å². The Kier molecular flexibility index (Phi) is 8.48. The molecule has 0 aromatic heterocycles. The fraction of sp³-hybridized carbons (Fsp3) is 0.400. The molecule has 9 heteroatoms. The topological polar surface area (TPSA) is 95.2 Å². The van der Waals surface area contributed by atoms with E-state index in [0.717, 1.165) is 5.56 Å². The number of benzene rings is 1. The fourth-order valence-electron chi connectivity index (χ4n) is 1.63. The summed E-state index contributed by atoms with van der Waals surface area (Å²) in [6.45, 7) is 5.63. The monoisotopic (exact) mass is 417 g/mol. The number of thiocarbonyl (C=S) groups is 1. The number of halogens is 1. The van der Waals surface area contributed by atoms with Crippen LogP contribution in [0.25, 0.3) is 0 Å². The minimum absolute atomic E-state index is 0.0658. The van der Waals surface area contributed by atoms with Gasteiger partial charge in [-0.1, -0.05) is 0 Å². The van der Waals surface area contributed by atoms with Gasteiger partial charge in [0.1, 0.15) is 0 Å². The van der Waals surface area contributed by atoms with E-state index in [9.17, 15) is 4.79 Å². The first-order valence-corrected chi connectivity index (χ1v) is 8.40. The van der Waals surface area contributed by atoms with Crippen molar-refractivity contribution in [2.75, 3.05) is 13.2 Å². The Bertz CT molecular complexity index is 623. The molecule has 0 saturated carbocycles. The summed E-state index contributed by atoms with van der Waals surface area (Å²) in [5.74, 6) is 0.452. The predicted octanol–water partition coefficient (Wildman–Crippen LogP) is 2.35. The zero-order chi connectivity index (χ0) is 18.1. The summed E-state index contributed by atoms with van der Waals surface area (Å²) in [6.07, 6.45) is 1.33. The Balaban J connectivity index is 2.91. The van der Waals surface area contributed by atoms with Gasteiger partial charge < -0.3 is 19.9 Å². The van der Waals surface area contributed by atoms with Gasteiger partial charge in [-0.15, -0.1) is 0 Å². The van der Waals surface area contributed by atoms with Crippen molar-refractivity contribution >= 4 is 45.4 Å². The number of rotatable bonds is 8. The van der Waals surface area contributed by atoms with Crippen LogP contribution in [0.2, 0.25) is 0 Å². The molecule has 0 unspecified atom stereocenters. The van der Waals surface area contributed by atoms with Crippen molar-refractivity contribution in [3.05, 3.63) is 22.2 Å². The van der Waals surface area contributed by atoms with Crippen LogP contribution < -0.4 is 20.6 Å². The molecular formula is C15H20BrN3O4S. The Morgan fingerprint density at radius 1 is 1.42 bits per heavy atom. The number of esters is 1. The molecule has 0 heterocycles. The highest BCUT2D eigenvalue weighted by Gasteiger charge is 2.13. The molecule has 0 fully saturated rings. The second-order valence-electron chi connectivity index (χ2n) is 4.82. The molecular weight excluding hydrogens is 398 g/mol. The molecule has 0 aliphatic heterocycles. The molecule has 0 aliphatic rings. The molecule has 0 bridgehead atoms. The third kappa shape index (κ3) is 7.14. The van der Waals surface area contributed by atoms with E-state index >= 15 is 0 Å². The molecule has 7 nitrogen and oxygen atoms in total. The van der Waals surface area contributed by atoms with Crippen LogP contribution in [0.1, 0.15) is 26.3 Å². The van der Waals surface area contributed by atoms with Crippen molar-refractivity contribution in [1.29, 1.82) is 0 Å². The van der Waals surface area contributed by atoms with Crippen LogP contribution in [0, 0.1) is 0 Å². The third-order valence-electron chi connectivity index (χ3n) is 2.45. The van der Waals surface area contributed by atoms with Crippen molar-refractivity contribution in [3.8, 4) is 11.5 Å². The van der Waals surface area contributed by atoms with Crippen LogP contribution >= 0.6 is 28.1 Å². The molecule has 3 N–H and O–H groups in total. The Morgan fingerprint density at radius 3 is 2.67 bits per heavy atom. The predicted molar refractivity (Wildman–Crippen MR) is 99.5 cm³/mol. The Labute approximate surface area is 154 Å². The van der Waals surface area contributed by atoms with E-state index in [1.807, 2.05) is 6.92 Å². The van der Waals surface area contributed by atoms with Crippen molar-refractivity contribution in [2.24, 2.45) is 10.8 Å². The molecule has 0 spiro atoms. The number of ether oxygens (including phenoxy) is 3. The maximum atomic E-state index is 11.6. The zero-order valence-electron chi connectivity index (χ0n) is 13.7. The molecule has 0 atom stereocenters. The molecule has 1 aromatic carbocycles. The minimum Gasteiger partial charge on any atom is -0.490 e. The van der Waals surface area contributed by atoms with Gasteiger partial charge in [-0.25, -0.2) is 4.79 Å². The van der Waals surface area contributed by atoms with Gasteiger partial charge in [-0.2, -0.15) is 5.10 Å².